The van der Waals surface area contributed by atoms with Gasteiger partial charge in [0.05, 0.1) is 16.7 Å². The fourth-order valence-electron chi connectivity index (χ4n) is 1.66. The smallest absolute Gasteiger partial charge is 0.325 e. The fourth-order valence-corrected chi connectivity index (χ4v) is 2.87. The Kier molecular flexibility index (Phi) is 6.10. The second-order valence-electron chi connectivity index (χ2n) is 4.59. The van der Waals surface area contributed by atoms with E-state index in [1.165, 1.54) is 0 Å². The second kappa shape index (κ2) is 7.12. The van der Waals surface area contributed by atoms with Gasteiger partial charge in [0.2, 0.25) is 0 Å². The van der Waals surface area contributed by atoms with Crippen LogP contribution in [0.5, 0.6) is 0 Å². The molecule has 0 saturated carbocycles. The number of carbonyl (C=O) groups excluding carboxylic acids is 1. The van der Waals surface area contributed by atoms with E-state index in [9.17, 15) is 4.79 Å². The minimum absolute atomic E-state index is 0.146. The average Bonchev–Trinajstić information content (AvgIpc) is 2.31. The molecule has 1 rings (SSSR count). The molecule has 0 bridgehead atoms. The van der Waals surface area contributed by atoms with Crippen LogP contribution in [0.4, 0.5) is 0 Å². The molecular weight excluding hydrogens is 284 g/mol. The van der Waals surface area contributed by atoms with Crippen molar-refractivity contribution in [1.29, 1.82) is 0 Å². The van der Waals surface area contributed by atoms with Crippen molar-refractivity contribution in [3.63, 3.8) is 0 Å². The molecule has 1 aromatic heterocycles. The van der Waals surface area contributed by atoms with Crippen molar-refractivity contribution in [3.05, 3.63) is 23.4 Å². The molecule has 106 valence electrons. The van der Waals surface area contributed by atoms with Gasteiger partial charge >= 0.3 is 5.97 Å². The van der Waals surface area contributed by atoms with E-state index in [0.717, 1.165) is 5.03 Å². The maximum Gasteiger partial charge on any atom is 0.325 e. The third-order valence-electron chi connectivity index (χ3n) is 2.48. The van der Waals surface area contributed by atoms with Crippen LogP contribution in [0, 0.1) is 0 Å². The van der Waals surface area contributed by atoms with E-state index in [-0.39, 0.29) is 11.2 Å². The fraction of sp³-hybridized carbons (Fsp3) is 0.538. The normalized spacial score (nSPS) is 15.6. The first-order valence-electron chi connectivity index (χ1n) is 6.09. The molecule has 0 fully saturated rings. The minimum Gasteiger partial charge on any atom is -0.465 e. The number of carbonyl (C=O) groups is 1. The van der Waals surface area contributed by atoms with Crippen LogP contribution in [0.3, 0.4) is 0 Å². The van der Waals surface area contributed by atoms with Crippen molar-refractivity contribution in [2.24, 2.45) is 5.73 Å². The maximum atomic E-state index is 11.7. The summed E-state index contributed by atoms with van der Waals surface area (Å²) in [6.07, 6.45) is 2.12. The van der Waals surface area contributed by atoms with Crippen molar-refractivity contribution in [3.8, 4) is 0 Å². The van der Waals surface area contributed by atoms with Crippen LogP contribution in [0.25, 0.3) is 0 Å². The number of esters is 1. The molecule has 1 heterocycles. The summed E-state index contributed by atoms with van der Waals surface area (Å²) in [5, 5.41) is 1.61. The van der Waals surface area contributed by atoms with Gasteiger partial charge in [-0.25, -0.2) is 4.98 Å². The monoisotopic (exact) mass is 302 g/mol. The van der Waals surface area contributed by atoms with E-state index in [1.54, 1.807) is 37.9 Å². The van der Waals surface area contributed by atoms with Crippen molar-refractivity contribution < 1.29 is 9.53 Å². The number of nitrogens with two attached hydrogens (primary N) is 1. The summed E-state index contributed by atoms with van der Waals surface area (Å²) in [4.78, 5) is 15.9. The Labute approximate surface area is 123 Å². The summed E-state index contributed by atoms with van der Waals surface area (Å²) in [5.74, 6) is -0.369. The van der Waals surface area contributed by atoms with E-state index in [1.807, 2.05) is 13.0 Å². The molecular formula is C13H19ClN2O2S. The lowest BCUT2D eigenvalue weighted by Crippen LogP contribution is -2.47. The standard InChI is InChI=1S/C13H19ClN2O2S/c1-4-18-12(17)13(3,15)7-9(2)19-11-6-5-10(14)8-16-11/h5-6,8-9H,4,7,15H2,1-3H3. The predicted molar refractivity (Wildman–Crippen MR) is 78.4 cm³/mol. The lowest BCUT2D eigenvalue weighted by atomic mass is 9.98. The maximum absolute atomic E-state index is 11.7. The number of rotatable bonds is 6. The van der Waals surface area contributed by atoms with Gasteiger partial charge in [-0.05, 0) is 32.4 Å². The van der Waals surface area contributed by atoms with Crippen LogP contribution >= 0.6 is 23.4 Å². The first-order chi connectivity index (χ1) is 8.85. The number of nitrogens with zero attached hydrogens (tertiary/aromatic N) is 1. The van der Waals surface area contributed by atoms with Crippen LogP contribution in [-0.2, 0) is 9.53 Å². The van der Waals surface area contributed by atoms with Gasteiger partial charge in [-0.1, -0.05) is 18.5 Å². The number of pyridine rings is 1. The average molecular weight is 303 g/mol. The quantitative estimate of drug-likeness (QED) is 0.646. The lowest BCUT2D eigenvalue weighted by molar-refractivity contribution is -0.149. The van der Waals surface area contributed by atoms with Crippen LogP contribution in [-0.4, -0.2) is 28.3 Å². The highest BCUT2D eigenvalue weighted by Crippen LogP contribution is 2.27. The molecule has 0 saturated heterocycles. The van der Waals surface area contributed by atoms with Crippen molar-refractivity contribution in [2.75, 3.05) is 6.61 Å². The predicted octanol–water partition coefficient (Wildman–Crippen LogP) is 2.89. The first kappa shape index (κ1) is 16.3. The molecule has 0 amide bonds. The number of ether oxygens (including phenoxy) is 1. The van der Waals surface area contributed by atoms with E-state index < -0.39 is 5.54 Å². The van der Waals surface area contributed by atoms with Crippen LogP contribution < -0.4 is 5.73 Å². The highest BCUT2D eigenvalue weighted by atomic mass is 35.5. The zero-order valence-electron chi connectivity index (χ0n) is 11.4. The third kappa shape index (κ3) is 5.38. The number of halogens is 1. The highest BCUT2D eigenvalue weighted by molar-refractivity contribution is 7.99. The molecule has 2 atom stereocenters. The van der Waals surface area contributed by atoms with Gasteiger partial charge in [0.1, 0.15) is 5.54 Å². The Morgan fingerprint density at radius 3 is 2.84 bits per heavy atom. The summed E-state index contributed by atoms with van der Waals surface area (Å²) in [7, 11) is 0. The molecule has 1 aromatic rings. The van der Waals surface area contributed by atoms with Gasteiger partial charge < -0.3 is 10.5 Å². The Balaban J connectivity index is 2.56. The van der Waals surface area contributed by atoms with Crippen LogP contribution in [0.1, 0.15) is 27.2 Å². The Morgan fingerprint density at radius 2 is 2.32 bits per heavy atom. The van der Waals surface area contributed by atoms with Gasteiger partial charge in [0.15, 0.2) is 0 Å². The van der Waals surface area contributed by atoms with Crippen molar-refractivity contribution in [2.45, 2.75) is 43.0 Å². The summed E-state index contributed by atoms with van der Waals surface area (Å²) >= 11 is 7.34. The molecule has 4 nitrogen and oxygen atoms in total. The Hall–Kier alpha value is -0.780. The first-order valence-corrected chi connectivity index (χ1v) is 7.35. The molecule has 2 unspecified atom stereocenters. The van der Waals surface area contributed by atoms with Crippen LogP contribution in [0.15, 0.2) is 23.4 Å². The van der Waals surface area contributed by atoms with Gasteiger partial charge in [0, 0.05) is 11.4 Å². The third-order valence-corrected chi connectivity index (χ3v) is 3.75. The minimum atomic E-state index is -0.977. The van der Waals surface area contributed by atoms with Gasteiger partial charge in [-0.15, -0.1) is 11.8 Å². The molecule has 2 N–H and O–H groups in total. The molecule has 0 aliphatic carbocycles. The number of thioether (sulfide) groups is 1. The summed E-state index contributed by atoms with van der Waals surface area (Å²) in [5.41, 5.74) is 5.02. The molecule has 0 aromatic carbocycles. The summed E-state index contributed by atoms with van der Waals surface area (Å²) in [6.45, 7) is 5.80. The van der Waals surface area contributed by atoms with E-state index >= 15 is 0 Å². The highest BCUT2D eigenvalue weighted by Gasteiger charge is 2.32. The number of hydrogen-bond donors (Lipinski definition) is 1. The zero-order valence-corrected chi connectivity index (χ0v) is 12.9. The topological polar surface area (TPSA) is 65.2 Å². The summed E-state index contributed by atoms with van der Waals surface area (Å²) in [6, 6.07) is 3.64. The molecule has 0 aliphatic heterocycles. The molecule has 6 heteroatoms. The van der Waals surface area contributed by atoms with E-state index in [4.69, 9.17) is 22.1 Å². The van der Waals surface area contributed by atoms with Gasteiger partial charge in [-0.3, -0.25) is 4.79 Å². The largest absolute Gasteiger partial charge is 0.465 e. The molecule has 19 heavy (non-hydrogen) atoms. The SMILES string of the molecule is CCOC(=O)C(C)(N)CC(C)Sc1ccc(Cl)cn1. The molecule has 0 aliphatic rings. The lowest BCUT2D eigenvalue weighted by Gasteiger charge is -2.25. The number of hydrogen-bond acceptors (Lipinski definition) is 5. The zero-order chi connectivity index (χ0) is 14.5. The van der Waals surface area contributed by atoms with Crippen molar-refractivity contribution >= 4 is 29.3 Å². The van der Waals surface area contributed by atoms with E-state index in [0.29, 0.717) is 18.1 Å². The van der Waals surface area contributed by atoms with E-state index in [2.05, 4.69) is 4.98 Å². The number of aromatic nitrogens is 1. The Morgan fingerprint density at radius 1 is 1.63 bits per heavy atom. The van der Waals surface area contributed by atoms with Crippen LogP contribution in [0.2, 0.25) is 5.02 Å². The Bertz CT molecular complexity index is 423. The molecule has 0 radical (unpaired) electrons. The van der Waals surface area contributed by atoms with Gasteiger partial charge in [-0.2, -0.15) is 0 Å². The second-order valence-corrected chi connectivity index (χ2v) is 6.48. The van der Waals surface area contributed by atoms with Crippen molar-refractivity contribution in [1.82, 2.24) is 4.98 Å². The summed E-state index contributed by atoms with van der Waals surface area (Å²) < 4.78 is 4.97. The van der Waals surface area contributed by atoms with Gasteiger partial charge in [0.25, 0.3) is 0 Å². The molecule has 0 spiro atoms.